The Morgan fingerprint density at radius 1 is 1.10 bits per heavy atom. The predicted molar refractivity (Wildman–Crippen MR) is 88.8 cm³/mol. The standard InChI is InChI=1S/C18H21FOS/c1-5-13-6-8-15(18(10-13)21-12(2)3)16-11-14(20-4)7-9-17(16)19/h6-12H,5H2,1-4H3. The van der Waals surface area contributed by atoms with Crippen molar-refractivity contribution in [2.75, 3.05) is 7.11 Å². The molecule has 3 heteroatoms. The van der Waals surface area contributed by atoms with E-state index in [-0.39, 0.29) is 5.82 Å². The third-order valence-electron chi connectivity index (χ3n) is 3.28. The first-order valence-corrected chi connectivity index (χ1v) is 8.06. The van der Waals surface area contributed by atoms with Crippen molar-refractivity contribution in [3.63, 3.8) is 0 Å². The highest BCUT2D eigenvalue weighted by Crippen LogP contribution is 2.37. The van der Waals surface area contributed by atoms with Crippen LogP contribution in [0.4, 0.5) is 4.39 Å². The predicted octanol–water partition coefficient (Wildman–Crippen LogP) is 5.56. The molecule has 0 fully saturated rings. The van der Waals surface area contributed by atoms with Crippen LogP contribution in [0, 0.1) is 5.82 Å². The second-order valence-corrected chi connectivity index (χ2v) is 6.81. The highest BCUT2D eigenvalue weighted by Gasteiger charge is 2.13. The monoisotopic (exact) mass is 304 g/mol. The van der Waals surface area contributed by atoms with Crippen LogP contribution in [0.2, 0.25) is 0 Å². The van der Waals surface area contributed by atoms with Gasteiger partial charge in [0.05, 0.1) is 7.11 Å². The molecule has 0 radical (unpaired) electrons. The molecule has 0 aliphatic heterocycles. The molecule has 0 aromatic heterocycles. The Kier molecular flexibility index (Phi) is 5.29. The highest BCUT2D eigenvalue weighted by atomic mass is 32.2. The largest absolute Gasteiger partial charge is 0.497 e. The molecule has 0 amide bonds. The molecule has 0 aliphatic carbocycles. The number of hydrogen-bond acceptors (Lipinski definition) is 2. The zero-order valence-corrected chi connectivity index (χ0v) is 13.8. The van der Waals surface area contributed by atoms with E-state index in [0.29, 0.717) is 16.6 Å². The van der Waals surface area contributed by atoms with Crippen molar-refractivity contribution in [3.05, 3.63) is 47.8 Å². The second kappa shape index (κ2) is 6.99. The number of halogens is 1. The zero-order valence-electron chi connectivity index (χ0n) is 12.9. The molecule has 0 saturated heterocycles. The van der Waals surface area contributed by atoms with Crippen LogP contribution in [-0.2, 0) is 6.42 Å². The van der Waals surface area contributed by atoms with Crippen LogP contribution in [0.1, 0.15) is 26.3 Å². The van der Waals surface area contributed by atoms with Crippen LogP contribution in [0.3, 0.4) is 0 Å². The van der Waals surface area contributed by atoms with E-state index < -0.39 is 0 Å². The number of methoxy groups -OCH3 is 1. The third-order valence-corrected chi connectivity index (χ3v) is 4.34. The van der Waals surface area contributed by atoms with Crippen molar-refractivity contribution in [1.29, 1.82) is 0 Å². The SMILES string of the molecule is CCc1ccc(-c2cc(OC)ccc2F)c(SC(C)C)c1. The first kappa shape index (κ1) is 15.9. The van der Waals surface area contributed by atoms with Gasteiger partial charge < -0.3 is 4.74 Å². The topological polar surface area (TPSA) is 9.23 Å². The van der Waals surface area contributed by atoms with Crippen molar-refractivity contribution in [3.8, 4) is 16.9 Å². The van der Waals surface area contributed by atoms with E-state index in [1.807, 2.05) is 6.07 Å². The molecule has 0 N–H and O–H groups in total. The van der Waals surface area contributed by atoms with Crippen molar-refractivity contribution < 1.29 is 9.13 Å². The highest BCUT2D eigenvalue weighted by molar-refractivity contribution is 8.00. The summed E-state index contributed by atoms with van der Waals surface area (Å²) in [6, 6.07) is 11.1. The summed E-state index contributed by atoms with van der Waals surface area (Å²) in [4.78, 5) is 1.12. The summed E-state index contributed by atoms with van der Waals surface area (Å²) in [5, 5.41) is 0.449. The van der Waals surface area contributed by atoms with Crippen molar-refractivity contribution >= 4 is 11.8 Å². The first-order chi connectivity index (χ1) is 10.0. The maximum Gasteiger partial charge on any atom is 0.131 e. The van der Waals surface area contributed by atoms with Gasteiger partial charge in [-0.2, -0.15) is 0 Å². The summed E-state index contributed by atoms with van der Waals surface area (Å²) in [7, 11) is 1.60. The Bertz CT molecular complexity index is 623. The third kappa shape index (κ3) is 3.79. The Morgan fingerprint density at radius 3 is 2.48 bits per heavy atom. The van der Waals surface area contributed by atoms with Crippen molar-refractivity contribution in [1.82, 2.24) is 0 Å². The molecule has 0 heterocycles. The number of thioether (sulfide) groups is 1. The van der Waals surface area contributed by atoms with Crippen LogP contribution in [0.25, 0.3) is 11.1 Å². The van der Waals surface area contributed by atoms with Gasteiger partial charge in [0.15, 0.2) is 0 Å². The molecule has 112 valence electrons. The minimum absolute atomic E-state index is 0.217. The van der Waals surface area contributed by atoms with Gasteiger partial charge >= 0.3 is 0 Å². The number of hydrogen-bond donors (Lipinski definition) is 0. The maximum absolute atomic E-state index is 14.2. The Morgan fingerprint density at radius 2 is 1.86 bits per heavy atom. The van der Waals surface area contributed by atoms with E-state index in [1.54, 1.807) is 31.0 Å². The molecule has 0 spiro atoms. The van der Waals surface area contributed by atoms with E-state index in [2.05, 4.69) is 32.9 Å². The second-order valence-electron chi connectivity index (χ2n) is 5.20. The van der Waals surface area contributed by atoms with Crippen LogP contribution in [0.5, 0.6) is 5.75 Å². The molecule has 0 unspecified atom stereocenters. The normalized spacial score (nSPS) is 11.0. The first-order valence-electron chi connectivity index (χ1n) is 7.18. The fraction of sp³-hybridized carbons (Fsp3) is 0.333. The molecular formula is C18H21FOS. The Hall–Kier alpha value is -1.48. The fourth-order valence-electron chi connectivity index (χ4n) is 2.20. The summed E-state index contributed by atoms with van der Waals surface area (Å²) in [5.74, 6) is 0.456. The van der Waals surface area contributed by atoms with Crippen LogP contribution in [-0.4, -0.2) is 12.4 Å². The molecule has 0 atom stereocenters. The number of benzene rings is 2. The quantitative estimate of drug-likeness (QED) is 0.668. The molecular weight excluding hydrogens is 283 g/mol. The lowest BCUT2D eigenvalue weighted by Crippen LogP contribution is -1.94. The van der Waals surface area contributed by atoms with Crippen LogP contribution >= 0.6 is 11.8 Å². The average molecular weight is 304 g/mol. The number of aryl methyl sites for hydroxylation is 1. The molecule has 0 bridgehead atoms. The van der Waals surface area contributed by atoms with E-state index >= 15 is 0 Å². The lowest BCUT2D eigenvalue weighted by Gasteiger charge is -2.14. The molecule has 0 saturated carbocycles. The van der Waals surface area contributed by atoms with E-state index in [4.69, 9.17) is 4.74 Å². The summed E-state index contributed by atoms with van der Waals surface area (Å²) in [6.07, 6.45) is 0.979. The van der Waals surface area contributed by atoms with Gasteiger partial charge in [0.25, 0.3) is 0 Å². The summed E-state index contributed by atoms with van der Waals surface area (Å²) in [5.41, 5.74) is 2.80. The summed E-state index contributed by atoms with van der Waals surface area (Å²) >= 11 is 1.76. The molecule has 21 heavy (non-hydrogen) atoms. The summed E-state index contributed by atoms with van der Waals surface area (Å²) < 4.78 is 19.5. The van der Waals surface area contributed by atoms with Crippen LogP contribution < -0.4 is 4.74 Å². The molecule has 2 aromatic carbocycles. The Balaban J connectivity index is 2.56. The molecule has 0 aliphatic rings. The van der Waals surface area contributed by atoms with Gasteiger partial charge in [0, 0.05) is 15.7 Å². The maximum atomic E-state index is 14.2. The number of ether oxygens (including phenoxy) is 1. The minimum atomic E-state index is -0.217. The molecule has 1 nitrogen and oxygen atoms in total. The lowest BCUT2D eigenvalue weighted by atomic mass is 10.0. The van der Waals surface area contributed by atoms with E-state index in [1.165, 1.54) is 11.6 Å². The average Bonchev–Trinajstić information content (AvgIpc) is 2.47. The number of rotatable bonds is 5. The van der Waals surface area contributed by atoms with E-state index in [9.17, 15) is 4.39 Å². The summed E-state index contributed by atoms with van der Waals surface area (Å²) in [6.45, 7) is 6.43. The minimum Gasteiger partial charge on any atom is -0.497 e. The molecule has 2 rings (SSSR count). The van der Waals surface area contributed by atoms with E-state index in [0.717, 1.165) is 16.9 Å². The zero-order chi connectivity index (χ0) is 15.4. The van der Waals surface area contributed by atoms with Crippen molar-refractivity contribution in [2.24, 2.45) is 0 Å². The van der Waals surface area contributed by atoms with Gasteiger partial charge in [0.1, 0.15) is 11.6 Å². The molecule has 2 aromatic rings. The fourth-order valence-corrected chi connectivity index (χ4v) is 3.23. The van der Waals surface area contributed by atoms with Crippen LogP contribution in [0.15, 0.2) is 41.3 Å². The van der Waals surface area contributed by atoms with Crippen molar-refractivity contribution in [2.45, 2.75) is 37.3 Å². The van der Waals surface area contributed by atoms with Gasteiger partial charge in [-0.05, 0) is 41.8 Å². The Labute approximate surface area is 130 Å². The van der Waals surface area contributed by atoms with Gasteiger partial charge in [0.2, 0.25) is 0 Å². The lowest BCUT2D eigenvalue weighted by molar-refractivity contribution is 0.414. The van der Waals surface area contributed by atoms with Gasteiger partial charge in [-0.1, -0.05) is 32.9 Å². The van der Waals surface area contributed by atoms with Gasteiger partial charge in [-0.25, -0.2) is 4.39 Å². The van der Waals surface area contributed by atoms with Gasteiger partial charge in [-0.3, -0.25) is 0 Å². The smallest absolute Gasteiger partial charge is 0.131 e. The van der Waals surface area contributed by atoms with Gasteiger partial charge in [-0.15, -0.1) is 11.8 Å².